The molecule has 0 aliphatic carbocycles. The van der Waals surface area contributed by atoms with E-state index >= 15 is 0 Å². The summed E-state index contributed by atoms with van der Waals surface area (Å²) in [7, 11) is 0. The summed E-state index contributed by atoms with van der Waals surface area (Å²) in [5, 5.41) is 0. The fourth-order valence-corrected chi connectivity index (χ4v) is 4.76. The van der Waals surface area contributed by atoms with Crippen LogP contribution in [-0.4, -0.2) is 23.0 Å². The molecule has 0 N–H and O–H groups in total. The maximum absolute atomic E-state index is 7.37. The van der Waals surface area contributed by atoms with Gasteiger partial charge in [0.2, 0.25) is 5.69 Å². The number of likely N-dealkylation sites (tertiary alicyclic amines) is 1. The average molecular weight is 430 g/mol. The first-order chi connectivity index (χ1) is 16.3. The first-order valence-corrected chi connectivity index (χ1v) is 11.6. The van der Waals surface area contributed by atoms with Gasteiger partial charge in [-0.15, -0.1) is 0 Å². The minimum atomic E-state index is 0.563. The molecule has 0 atom stereocenters. The number of piperidine rings is 1. The number of hydrogen-bond donors (Lipinski definition) is 0. The molecule has 0 radical (unpaired) electrons. The van der Waals surface area contributed by atoms with Crippen molar-refractivity contribution in [3.8, 4) is 22.4 Å². The van der Waals surface area contributed by atoms with Crippen LogP contribution in [0.25, 0.3) is 27.2 Å². The topological polar surface area (TPSA) is 20.5 Å². The zero-order valence-electron chi connectivity index (χ0n) is 18.7. The molecule has 162 valence electrons. The van der Waals surface area contributed by atoms with Gasteiger partial charge >= 0.3 is 0 Å². The summed E-state index contributed by atoms with van der Waals surface area (Å²) in [4.78, 5) is 10.8. The quantitative estimate of drug-likeness (QED) is 0.309. The standard InChI is InChI=1S/C30H27N3/c1-31-28-20-29(26-10-6-3-7-11-26)30(32-21-28)27-14-12-23(13-15-27)22-33-18-16-25(17-19-33)24-8-4-2-5-9-24/h2-15,20-21,25H,16-19,22H2. The molecule has 0 saturated carbocycles. The van der Waals surface area contributed by atoms with Gasteiger partial charge < -0.3 is 0 Å². The Hall–Kier alpha value is -3.74. The van der Waals surface area contributed by atoms with E-state index in [2.05, 4.69) is 81.5 Å². The molecule has 3 aromatic carbocycles. The fourth-order valence-electron chi connectivity index (χ4n) is 4.76. The van der Waals surface area contributed by atoms with Crippen LogP contribution in [0.5, 0.6) is 0 Å². The Morgan fingerprint density at radius 3 is 2.15 bits per heavy atom. The van der Waals surface area contributed by atoms with Crippen LogP contribution in [0.3, 0.4) is 0 Å². The van der Waals surface area contributed by atoms with Crippen molar-refractivity contribution in [3.05, 3.63) is 120 Å². The second kappa shape index (κ2) is 9.81. The highest BCUT2D eigenvalue weighted by molar-refractivity contribution is 5.83. The third-order valence-electron chi connectivity index (χ3n) is 6.58. The first kappa shape index (κ1) is 21.1. The molecule has 1 aliphatic heterocycles. The van der Waals surface area contributed by atoms with Crippen molar-refractivity contribution in [3.63, 3.8) is 0 Å². The predicted octanol–water partition coefficient (Wildman–Crippen LogP) is 7.35. The summed E-state index contributed by atoms with van der Waals surface area (Å²) < 4.78 is 0. The van der Waals surface area contributed by atoms with E-state index < -0.39 is 0 Å². The smallest absolute Gasteiger partial charge is 0.205 e. The fraction of sp³-hybridized carbons (Fsp3) is 0.200. The molecule has 3 heteroatoms. The lowest BCUT2D eigenvalue weighted by Gasteiger charge is -2.32. The summed E-state index contributed by atoms with van der Waals surface area (Å²) in [5.41, 5.74) is 7.45. The second-order valence-corrected chi connectivity index (χ2v) is 8.73. The minimum Gasteiger partial charge on any atom is -0.299 e. The summed E-state index contributed by atoms with van der Waals surface area (Å²) in [6.45, 7) is 10.6. The van der Waals surface area contributed by atoms with Crippen molar-refractivity contribution in [2.75, 3.05) is 13.1 Å². The number of hydrogen-bond acceptors (Lipinski definition) is 2. The molecule has 2 heterocycles. The minimum absolute atomic E-state index is 0.563. The SMILES string of the molecule is [C-]#[N+]c1cnc(-c2ccc(CN3CCC(c4ccccc4)CC3)cc2)c(-c2ccccc2)c1. The van der Waals surface area contributed by atoms with Gasteiger partial charge in [-0.2, -0.15) is 0 Å². The van der Waals surface area contributed by atoms with Crippen molar-refractivity contribution in [2.45, 2.75) is 25.3 Å². The van der Waals surface area contributed by atoms with Crippen molar-refractivity contribution < 1.29 is 0 Å². The van der Waals surface area contributed by atoms with Gasteiger partial charge in [0, 0.05) is 18.3 Å². The Morgan fingerprint density at radius 1 is 0.818 bits per heavy atom. The van der Waals surface area contributed by atoms with Crippen molar-refractivity contribution in [1.82, 2.24) is 9.88 Å². The molecule has 0 spiro atoms. The average Bonchev–Trinajstić information content (AvgIpc) is 2.90. The van der Waals surface area contributed by atoms with Crippen LogP contribution in [0.2, 0.25) is 0 Å². The Labute approximate surface area is 196 Å². The largest absolute Gasteiger partial charge is 0.299 e. The van der Waals surface area contributed by atoms with E-state index in [1.54, 1.807) is 6.20 Å². The van der Waals surface area contributed by atoms with E-state index in [1.165, 1.54) is 24.0 Å². The van der Waals surface area contributed by atoms with Gasteiger partial charge in [-0.1, -0.05) is 84.9 Å². The lowest BCUT2D eigenvalue weighted by atomic mass is 9.89. The molecule has 1 saturated heterocycles. The molecule has 1 aliphatic rings. The van der Waals surface area contributed by atoms with E-state index in [0.717, 1.165) is 42.0 Å². The van der Waals surface area contributed by atoms with Gasteiger partial charge in [0.25, 0.3) is 0 Å². The Kier molecular flexibility index (Phi) is 6.28. The lowest BCUT2D eigenvalue weighted by Crippen LogP contribution is -2.32. The van der Waals surface area contributed by atoms with E-state index in [-0.39, 0.29) is 0 Å². The summed E-state index contributed by atoms with van der Waals surface area (Å²) in [6.07, 6.45) is 4.11. The van der Waals surface area contributed by atoms with Gasteiger partial charge in [-0.05, 0) is 60.2 Å². The zero-order chi connectivity index (χ0) is 22.5. The highest BCUT2D eigenvalue weighted by atomic mass is 15.1. The molecule has 4 aromatic rings. The zero-order valence-corrected chi connectivity index (χ0v) is 18.7. The molecule has 0 amide bonds. The molecule has 1 fully saturated rings. The number of nitrogens with zero attached hydrogens (tertiary/aromatic N) is 3. The van der Waals surface area contributed by atoms with Crippen LogP contribution in [0, 0.1) is 6.57 Å². The van der Waals surface area contributed by atoms with Crippen LogP contribution in [0.4, 0.5) is 5.69 Å². The van der Waals surface area contributed by atoms with Crippen LogP contribution >= 0.6 is 0 Å². The van der Waals surface area contributed by atoms with E-state index in [0.29, 0.717) is 11.6 Å². The number of pyridine rings is 1. The summed E-state index contributed by atoms with van der Waals surface area (Å²) >= 11 is 0. The third kappa shape index (κ3) is 4.87. The Bertz CT molecular complexity index is 1230. The highest BCUT2D eigenvalue weighted by Crippen LogP contribution is 2.34. The highest BCUT2D eigenvalue weighted by Gasteiger charge is 2.20. The van der Waals surface area contributed by atoms with Gasteiger partial charge in [0.05, 0.1) is 12.3 Å². The van der Waals surface area contributed by atoms with E-state index in [9.17, 15) is 0 Å². The molecule has 0 unspecified atom stereocenters. The molecule has 1 aromatic heterocycles. The van der Waals surface area contributed by atoms with Crippen molar-refractivity contribution in [1.29, 1.82) is 0 Å². The maximum Gasteiger partial charge on any atom is 0.205 e. The second-order valence-electron chi connectivity index (χ2n) is 8.73. The Morgan fingerprint density at radius 2 is 1.48 bits per heavy atom. The molecule has 5 rings (SSSR count). The maximum atomic E-state index is 7.37. The Balaban J connectivity index is 1.29. The monoisotopic (exact) mass is 429 g/mol. The predicted molar refractivity (Wildman–Crippen MR) is 135 cm³/mol. The van der Waals surface area contributed by atoms with Gasteiger partial charge in [0.1, 0.15) is 0 Å². The number of rotatable bonds is 5. The molecular weight excluding hydrogens is 402 g/mol. The lowest BCUT2D eigenvalue weighted by molar-refractivity contribution is 0.204. The normalized spacial score (nSPS) is 14.6. The van der Waals surface area contributed by atoms with Crippen LogP contribution in [0.1, 0.15) is 29.9 Å². The van der Waals surface area contributed by atoms with Crippen molar-refractivity contribution in [2.24, 2.45) is 0 Å². The van der Waals surface area contributed by atoms with Gasteiger partial charge in [-0.3, -0.25) is 9.88 Å². The van der Waals surface area contributed by atoms with Crippen LogP contribution in [0.15, 0.2) is 97.2 Å². The van der Waals surface area contributed by atoms with Crippen LogP contribution in [-0.2, 0) is 6.54 Å². The van der Waals surface area contributed by atoms with Gasteiger partial charge in [-0.25, -0.2) is 4.85 Å². The molecule has 3 nitrogen and oxygen atoms in total. The molecule has 33 heavy (non-hydrogen) atoms. The summed E-state index contributed by atoms with van der Waals surface area (Å²) in [6, 6.07) is 31.8. The van der Waals surface area contributed by atoms with Crippen molar-refractivity contribution >= 4 is 5.69 Å². The molecule has 0 bridgehead atoms. The van der Waals surface area contributed by atoms with Crippen LogP contribution < -0.4 is 0 Å². The van der Waals surface area contributed by atoms with Gasteiger partial charge in [0.15, 0.2) is 0 Å². The summed E-state index contributed by atoms with van der Waals surface area (Å²) in [5.74, 6) is 0.686. The third-order valence-corrected chi connectivity index (χ3v) is 6.58. The molecular formula is C30H27N3. The number of benzene rings is 3. The van der Waals surface area contributed by atoms with E-state index in [1.807, 2.05) is 24.3 Å². The number of aromatic nitrogens is 1. The van der Waals surface area contributed by atoms with E-state index in [4.69, 9.17) is 6.57 Å². The first-order valence-electron chi connectivity index (χ1n) is 11.6.